The maximum absolute atomic E-state index is 12.7. The third-order valence-electron chi connectivity index (χ3n) is 6.28. The molecule has 0 heterocycles. The van der Waals surface area contributed by atoms with Crippen molar-refractivity contribution < 1.29 is 38.1 Å². The molecule has 0 saturated heterocycles. The van der Waals surface area contributed by atoms with Crippen molar-refractivity contribution in [3.05, 3.63) is 59.7 Å². The van der Waals surface area contributed by atoms with Gasteiger partial charge < -0.3 is 28.7 Å². The first kappa shape index (κ1) is 32.2. The smallest absolute Gasteiger partial charge is 0.410 e. The minimum Gasteiger partial charge on any atom is -0.459 e. The first-order valence-corrected chi connectivity index (χ1v) is 12.1. The van der Waals surface area contributed by atoms with E-state index in [1.165, 1.54) is 23.6 Å². The lowest BCUT2D eigenvalue weighted by molar-refractivity contribution is -0.140. The first-order chi connectivity index (χ1) is 17.5. The minimum absolute atomic E-state index is 0.0753. The van der Waals surface area contributed by atoms with E-state index in [1.54, 1.807) is 14.1 Å². The van der Waals surface area contributed by atoms with Crippen molar-refractivity contribution in [1.29, 1.82) is 0 Å². The number of esters is 2. The van der Waals surface area contributed by atoms with Crippen LogP contribution in [0.5, 0.6) is 0 Å². The normalized spacial score (nSPS) is 11.2. The second kappa shape index (κ2) is 13.6. The zero-order chi connectivity index (χ0) is 29.3. The third kappa shape index (κ3) is 8.64. The number of amides is 2. The molecule has 0 aliphatic carbocycles. The second-order valence-electron chi connectivity index (χ2n) is 9.88. The molecule has 0 N–H and O–H groups in total. The molecule has 1 rings (SSSR count). The third-order valence-corrected chi connectivity index (χ3v) is 6.28. The average Bonchev–Trinajstić information content (AvgIpc) is 2.87. The van der Waals surface area contributed by atoms with Gasteiger partial charge in [0.2, 0.25) is 0 Å². The minimum atomic E-state index is -0.774. The van der Waals surface area contributed by atoms with E-state index in [1.807, 2.05) is 52.0 Å². The van der Waals surface area contributed by atoms with Gasteiger partial charge in [0, 0.05) is 25.2 Å². The molecule has 0 saturated carbocycles. The van der Waals surface area contributed by atoms with Crippen molar-refractivity contribution in [3.63, 3.8) is 0 Å². The number of hydrogen-bond acceptors (Lipinski definition) is 8. The zero-order valence-corrected chi connectivity index (χ0v) is 23.7. The first-order valence-electron chi connectivity index (χ1n) is 12.1. The fourth-order valence-corrected chi connectivity index (χ4v) is 3.09. The van der Waals surface area contributed by atoms with Gasteiger partial charge in [-0.05, 0) is 52.7 Å². The van der Waals surface area contributed by atoms with Crippen LogP contribution in [0.4, 0.5) is 9.59 Å². The zero-order valence-electron chi connectivity index (χ0n) is 23.7. The summed E-state index contributed by atoms with van der Waals surface area (Å²) in [7, 11) is 3.23. The van der Waals surface area contributed by atoms with Gasteiger partial charge >= 0.3 is 24.1 Å². The molecular weight excluding hydrogens is 492 g/mol. The summed E-state index contributed by atoms with van der Waals surface area (Å²) in [6, 6.07) is 7.52. The Bertz CT molecular complexity index is 981. The lowest BCUT2D eigenvalue weighted by Crippen LogP contribution is -2.45. The number of rotatable bonds is 12. The van der Waals surface area contributed by atoms with Crippen LogP contribution in [0.15, 0.2) is 48.6 Å². The summed E-state index contributed by atoms with van der Waals surface area (Å²) in [6.45, 7) is 17.2. The molecule has 10 nitrogen and oxygen atoms in total. The molecule has 0 bridgehead atoms. The van der Waals surface area contributed by atoms with Gasteiger partial charge in [0.05, 0.1) is 11.1 Å². The highest BCUT2D eigenvalue weighted by Crippen LogP contribution is 2.33. The maximum Gasteiger partial charge on any atom is 0.410 e. The number of carbonyl (C=O) groups is 4. The predicted molar refractivity (Wildman–Crippen MR) is 142 cm³/mol. The van der Waals surface area contributed by atoms with E-state index in [0.29, 0.717) is 0 Å². The van der Waals surface area contributed by atoms with Gasteiger partial charge in [-0.2, -0.15) is 0 Å². The summed E-state index contributed by atoms with van der Waals surface area (Å²) in [5.41, 5.74) is 0.600. The second-order valence-corrected chi connectivity index (χ2v) is 9.88. The lowest BCUT2D eigenvalue weighted by atomic mass is 9.86. The number of hydrogen-bond donors (Lipinski definition) is 0. The van der Waals surface area contributed by atoms with E-state index in [-0.39, 0.29) is 37.6 Å². The topological polar surface area (TPSA) is 112 Å². The summed E-state index contributed by atoms with van der Waals surface area (Å²) in [6.07, 6.45) is -1.17. The molecule has 0 aliphatic rings. The molecule has 0 aromatic heterocycles. The molecule has 1 aromatic carbocycles. The van der Waals surface area contributed by atoms with Crippen molar-refractivity contribution >= 4 is 24.1 Å². The van der Waals surface area contributed by atoms with Crippen LogP contribution in [-0.2, 0) is 39.6 Å². The Kier molecular flexibility index (Phi) is 11.6. The van der Waals surface area contributed by atoms with Crippen LogP contribution in [0.3, 0.4) is 0 Å². The molecule has 0 unspecified atom stereocenters. The molecule has 10 heteroatoms. The largest absolute Gasteiger partial charge is 0.459 e. The summed E-state index contributed by atoms with van der Waals surface area (Å²) in [5.74, 6) is -1.09. The summed E-state index contributed by atoms with van der Waals surface area (Å²) in [4.78, 5) is 51.1. The van der Waals surface area contributed by atoms with E-state index >= 15 is 0 Å². The fourth-order valence-electron chi connectivity index (χ4n) is 3.09. The van der Waals surface area contributed by atoms with E-state index in [2.05, 4.69) is 13.2 Å². The summed E-state index contributed by atoms with van der Waals surface area (Å²) < 4.78 is 20.4. The molecule has 0 atom stereocenters. The van der Waals surface area contributed by atoms with Crippen molar-refractivity contribution in [2.75, 3.05) is 40.5 Å². The maximum atomic E-state index is 12.7. The highest BCUT2D eigenvalue weighted by Gasteiger charge is 2.34. The quantitative estimate of drug-likeness (QED) is 0.167. The van der Waals surface area contributed by atoms with Gasteiger partial charge in [-0.15, -0.1) is 0 Å². The predicted octanol–water partition coefficient (Wildman–Crippen LogP) is 4.53. The Hall–Kier alpha value is -3.82. The van der Waals surface area contributed by atoms with Gasteiger partial charge in [-0.1, -0.05) is 37.4 Å². The van der Waals surface area contributed by atoms with Crippen LogP contribution in [0.25, 0.3) is 0 Å². The van der Waals surface area contributed by atoms with Gasteiger partial charge in [0.25, 0.3) is 0 Å². The molecular formula is C28H40N2O8. The van der Waals surface area contributed by atoms with E-state index in [0.717, 1.165) is 11.1 Å². The molecule has 0 spiro atoms. The molecule has 38 heavy (non-hydrogen) atoms. The molecule has 1 aromatic rings. The number of benzene rings is 1. The Labute approximate surface area is 225 Å². The molecule has 0 fully saturated rings. The van der Waals surface area contributed by atoms with Crippen LogP contribution in [0, 0.1) is 0 Å². The Morgan fingerprint density at radius 2 is 1.00 bits per heavy atom. The van der Waals surface area contributed by atoms with Crippen molar-refractivity contribution in [1.82, 2.24) is 9.80 Å². The monoisotopic (exact) mass is 532 g/mol. The van der Waals surface area contributed by atoms with Gasteiger partial charge in [-0.25, -0.2) is 19.2 Å². The van der Waals surface area contributed by atoms with Crippen LogP contribution >= 0.6 is 0 Å². The molecule has 0 aliphatic heterocycles. The summed E-state index contributed by atoms with van der Waals surface area (Å²) >= 11 is 0. The highest BCUT2D eigenvalue weighted by molar-refractivity contribution is 5.87. The molecule has 2 amide bonds. The number of ether oxygens (including phenoxy) is 4. The van der Waals surface area contributed by atoms with Crippen LogP contribution in [-0.4, -0.2) is 74.4 Å². The SMILES string of the molecule is C=C(C)C(=O)OCCOC(=O)N(C)C(C)(C)c1cccc(C(C)(C)N(C)C(=O)OCCOC(=O)C(=C)C)c1. The van der Waals surface area contributed by atoms with Crippen LogP contribution < -0.4 is 0 Å². The standard InChI is InChI=1S/C28H40N2O8/c1-19(2)23(31)35-14-16-37-25(33)29(9)27(5,6)21-12-11-13-22(18-21)28(7,8)30(10)26(34)38-17-15-36-24(32)20(3)4/h11-13,18H,1,3,14-17H2,2,4-10H3. The fraction of sp³-hybridized carbons (Fsp3) is 0.500. The van der Waals surface area contributed by atoms with Gasteiger partial charge in [0.1, 0.15) is 26.4 Å². The van der Waals surface area contributed by atoms with Crippen molar-refractivity contribution in [3.8, 4) is 0 Å². The number of carbonyl (C=O) groups excluding carboxylic acids is 4. The average molecular weight is 533 g/mol. The van der Waals surface area contributed by atoms with E-state index < -0.39 is 35.2 Å². The summed E-state index contributed by atoms with van der Waals surface area (Å²) in [5, 5.41) is 0. The van der Waals surface area contributed by atoms with Crippen molar-refractivity contribution in [2.24, 2.45) is 0 Å². The van der Waals surface area contributed by atoms with Gasteiger partial charge in [0.15, 0.2) is 0 Å². The molecule has 0 radical (unpaired) electrons. The molecule has 210 valence electrons. The van der Waals surface area contributed by atoms with Crippen LogP contribution in [0.1, 0.15) is 52.7 Å². The Morgan fingerprint density at radius 3 is 1.32 bits per heavy atom. The lowest BCUT2D eigenvalue weighted by Gasteiger charge is -2.38. The number of nitrogens with zero attached hydrogens (tertiary/aromatic N) is 2. The highest BCUT2D eigenvalue weighted by atomic mass is 16.6. The van der Waals surface area contributed by atoms with E-state index in [4.69, 9.17) is 18.9 Å². The van der Waals surface area contributed by atoms with E-state index in [9.17, 15) is 19.2 Å². The van der Waals surface area contributed by atoms with Gasteiger partial charge in [-0.3, -0.25) is 0 Å². The Morgan fingerprint density at radius 1 is 0.684 bits per heavy atom. The Balaban J connectivity index is 2.86. The van der Waals surface area contributed by atoms with Crippen molar-refractivity contribution in [2.45, 2.75) is 52.6 Å². The van der Waals surface area contributed by atoms with Crippen LogP contribution in [0.2, 0.25) is 0 Å².